The minimum Gasteiger partial charge on any atom is -0.493 e. The second kappa shape index (κ2) is 5.25. The van der Waals surface area contributed by atoms with Crippen LogP contribution in [-0.4, -0.2) is 38.2 Å². The van der Waals surface area contributed by atoms with E-state index in [4.69, 9.17) is 22.1 Å². The second-order valence-electron chi connectivity index (χ2n) is 4.88. The summed E-state index contributed by atoms with van der Waals surface area (Å²) in [5, 5.41) is 0.779. The molecule has 4 heteroatoms. The minimum atomic E-state index is 0.108. The summed E-state index contributed by atoms with van der Waals surface area (Å²) in [6.45, 7) is 1.62. The summed E-state index contributed by atoms with van der Waals surface area (Å²) in [6.07, 6.45) is 1.76. The smallest absolute Gasteiger partial charge is 0.125 e. The molecule has 2 rings (SSSR count). The van der Waals surface area contributed by atoms with E-state index in [1.807, 2.05) is 26.2 Å². The zero-order chi connectivity index (χ0) is 12.4. The quantitative estimate of drug-likeness (QED) is 0.889. The lowest BCUT2D eigenvalue weighted by Crippen LogP contribution is -2.35. The summed E-state index contributed by atoms with van der Waals surface area (Å²) in [4.78, 5) is 2.09. The number of likely N-dealkylation sites (N-methyl/N-ethyl adjacent to an activating group) is 1. The predicted octanol–water partition coefficient (Wildman–Crippen LogP) is 1.71. The van der Waals surface area contributed by atoms with Crippen LogP contribution in [0.25, 0.3) is 0 Å². The molecule has 3 nitrogen and oxygen atoms in total. The highest BCUT2D eigenvalue weighted by atomic mass is 35.5. The number of rotatable bonds is 4. The van der Waals surface area contributed by atoms with E-state index in [-0.39, 0.29) is 6.04 Å². The maximum Gasteiger partial charge on any atom is 0.125 e. The van der Waals surface area contributed by atoms with Crippen molar-refractivity contribution < 1.29 is 4.74 Å². The molecule has 0 bridgehead atoms. The van der Waals surface area contributed by atoms with E-state index in [9.17, 15) is 0 Å². The molecule has 17 heavy (non-hydrogen) atoms. The van der Waals surface area contributed by atoms with Gasteiger partial charge in [0.1, 0.15) is 5.75 Å². The predicted molar refractivity (Wildman–Crippen MR) is 70.9 cm³/mol. The molecule has 1 unspecified atom stereocenters. The second-order valence-corrected chi connectivity index (χ2v) is 5.31. The summed E-state index contributed by atoms with van der Waals surface area (Å²) in [7, 11) is 4.05. The number of halogens is 1. The van der Waals surface area contributed by atoms with Crippen LogP contribution in [-0.2, 0) is 12.8 Å². The minimum absolute atomic E-state index is 0.108. The maximum absolute atomic E-state index is 6.11. The molecule has 0 aromatic heterocycles. The van der Waals surface area contributed by atoms with E-state index < -0.39 is 0 Å². The lowest BCUT2D eigenvalue weighted by Gasteiger charge is -2.18. The van der Waals surface area contributed by atoms with Gasteiger partial charge in [-0.15, -0.1) is 0 Å². The number of benzene rings is 1. The van der Waals surface area contributed by atoms with Gasteiger partial charge in [0.15, 0.2) is 0 Å². The van der Waals surface area contributed by atoms with Crippen LogP contribution < -0.4 is 10.5 Å². The highest BCUT2D eigenvalue weighted by Crippen LogP contribution is 2.33. The third-order valence-corrected chi connectivity index (χ3v) is 3.13. The molecule has 1 aliphatic rings. The van der Waals surface area contributed by atoms with Crippen LogP contribution in [0.5, 0.6) is 5.75 Å². The zero-order valence-corrected chi connectivity index (χ0v) is 11.1. The monoisotopic (exact) mass is 254 g/mol. The van der Waals surface area contributed by atoms with Crippen LogP contribution >= 0.6 is 11.6 Å². The molecule has 94 valence electrons. The summed E-state index contributed by atoms with van der Waals surface area (Å²) < 4.78 is 5.66. The van der Waals surface area contributed by atoms with E-state index >= 15 is 0 Å². The molecule has 1 heterocycles. The van der Waals surface area contributed by atoms with Gasteiger partial charge in [-0.2, -0.15) is 0 Å². The van der Waals surface area contributed by atoms with Gasteiger partial charge in [0.2, 0.25) is 0 Å². The van der Waals surface area contributed by atoms with Crippen molar-refractivity contribution in [2.24, 2.45) is 5.73 Å². The molecule has 1 aromatic carbocycles. The van der Waals surface area contributed by atoms with Gasteiger partial charge in [-0.3, -0.25) is 0 Å². The standard InChI is InChI=1S/C13H19ClN2O/c1-16(2)8-12(15)7-10-6-11(14)5-9-3-4-17-13(9)10/h5-6,12H,3-4,7-8,15H2,1-2H3. The summed E-state index contributed by atoms with van der Waals surface area (Å²) >= 11 is 6.11. The molecule has 0 fully saturated rings. The van der Waals surface area contributed by atoms with Crippen LogP contribution in [0.1, 0.15) is 11.1 Å². The van der Waals surface area contributed by atoms with Crippen molar-refractivity contribution in [1.29, 1.82) is 0 Å². The summed E-state index contributed by atoms with van der Waals surface area (Å²) in [5.41, 5.74) is 8.46. The summed E-state index contributed by atoms with van der Waals surface area (Å²) in [5.74, 6) is 1.00. The van der Waals surface area contributed by atoms with Crippen LogP contribution in [0.3, 0.4) is 0 Å². The molecule has 0 radical (unpaired) electrons. The number of hydrogen-bond donors (Lipinski definition) is 1. The van der Waals surface area contributed by atoms with Crippen molar-refractivity contribution in [2.75, 3.05) is 27.2 Å². The zero-order valence-electron chi connectivity index (χ0n) is 10.4. The Bertz CT molecular complexity index is 407. The Kier molecular flexibility index (Phi) is 3.92. The molecule has 2 N–H and O–H groups in total. The van der Waals surface area contributed by atoms with Gasteiger partial charge >= 0.3 is 0 Å². The molecule has 0 amide bonds. The third kappa shape index (κ3) is 3.12. The van der Waals surface area contributed by atoms with Crippen LogP contribution in [0, 0.1) is 0 Å². The third-order valence-electron chi connectivity index (χ3n) is 2.91. The van der Waals surface area contributed by atoms with Gasteiger partial charge in [0.05, 0.1) is 6.61 Å². The van der Waals surface area contributed by atoms with Crippen molar-refractivity contribution in [1.82, 2.24) is 4.90 Å². The lowest BCUT2D eigenvalue weighted by atomic mass is 10.0. The normalized spacial score (nSPS) is 15.8. The molecule has 1 atom stereocenters. The highest BCUT2D eigenvalue weighted by molar-refractivity contribution is 6.30. The topological polar surface area (TPSA) is 38.5 Å². The van der Waals surface area contributed by atoms with Gasteiger partial charge in [-0.25, -0.2) is 0 Å². The number of ether oxygens (including phenoxy) is 1. The summed E-state index contributed by atoms with van der Waals surface area (Å²) in [6, 6.07) is 4.07. The molecule has 0 aliphatic carbocycles. The van der Waals surface area contributed by atoms with Crippen molar-refractivity contribution in [3.63, 3.8) is 0 Å². The van der Waals surface area contributed by atoms with Crippen LogP contribution in [0.15, 0.2) is 12.1 Å². The van der Waals surface area contributed by atoms with Gasteiger partial charge in [-0.1, -0.05) is 11.6 Å². The number of nitrogens with zero attached hydrogens (tertiary/aromatic N) is 1. The average molecular weight is 255 g/mol. The first-order chi connectivity index (χ1) is 8.06. The van der Waals surface area contributed by atoms with E-state index in [0.29, 0.717) is 0 Å². The molecule has 1 aromatic rings. The highest BCUT2D eigenvalue weighted by Gasteiger charge is 2.19. The van der Waals surface area contributed by atoms with E-state index in [0.717, 1.165) is 42.3 Å². The lowest BCUT2D eigenvalue weighted by molar-refractivity contribution is 0.346. The van der Waals surface area contributed by atoms with Crippen LogP contribution in [0.4, 0.5) is 0 Å². The average Bonchev–Trinajstić information content (AvgIpc) is 2.63. The molecule has 0 spiro atoms. The fourth-order valence-electron chi connectivity index (χ4n) is 2.31. The van der Waals surface area contributed by atoms with Crippen molar-refractivity contribution in [3.8, 4) is 5.75 Å². The number of nitrogens with two attached hydrogens (primary N) is 1. The fraction of sp³-hybridized carbons (Fsp3) is 0.538. The van der Waals surface area contributed by atoms with Gasteiger partial charge in [-0.05, 0) is 43.8 Å². The molecular weight excluding hydrogens is 236 g/mol. The first kappa shape index (κ1) is 12.7. The number of hydrogen-bond acceptors (Lipinski definition) is 3. The fourth-order valence-corrected chi connectivity index (χ4v) is 2.58. The first-order valence-corrected chi connectivity index (χ1v) is 6.28. The van der Waals surface area contributed by atoms with Gasteiger partial charge in [0, 0.05) is 24.0 Å². The Labute approximate surface area is 107 Å². The van der Waals surface area contributed by atoms with E-state index in [2.05, 4.69) is 4.90 Å². The Morgan fingerprint density at radius 3 is 2.94 bits per heavy atom. The number of fused-ring (bicyclic) bond motifs is 1. The van der Waals surface area contributed by atoms with Gasteiger partial charge in [0.25, 0.3) is 0 Å². The Morgan fingerprint density at radius 1 is 1.47 bits per heavy atom. The van der Waals surface area contributed by atoms with E-state index in [1.54, 1.807) is 0 Å². The van der Waals surface area contributed by atoms with Crippen LogP contribution in [0.2, 0.25) is 5.02 Å². The molecule has 1 aliphatic heterocycles. The molecule has 0 saturated carbocycles. The largest absolute Gasteiger partial charge is 0.493 e. The molecule has 0 saturated heterocycles. The first-order valence-electron chi connectivity index (χ1n) is 5.90. The van der Waals surface area contributed by atoms with Crippen molar-refractivity contribution in [2.45, 2.75) is 18.9 Å². The van der Waals surface area contributed by atoms with Gasteiger partial charge < -0.3 is 15.4 Å². The Balaban J connectivity index is 2.15. The van der Waals surface area contributed by atoms with Crippen molar-refractivity contribution >= 4 is 11.6 Å². The van der Waals surface area contributed by atoms with Crippen molar-refractivity contribution in [3.05, 3.63) is 28.3 Å². The van der Waals surface area contributed by atoms with E-state index in [1.165, 1.54) is 5.56 Å². The SMILES string of the molecule is CN(C)CC(N)Cc1cc(Cl)cc2c1OCC2. The Hall–Kier alpha value is -0.770. The molecular formula is C13H19ClN2O. The Morgan fingerprint density at radius 2 is 2.24 bits per heavy atom. The maximum atomic E-state index is 6.11.